The Morgan fingerprint density at radius 3 is 2.96 bits per heavy atom. The molecule has 2 aromatic rings. The zero-order valence-electron chi connectivity index (χ0n) is 13.8. The predicted octanol–water partition coefficient (Wildman–Crippen LogP) is 1.29. The molecule has 7 nitrogen and oxygen atoms in total. The molecule has 1 N–H and O–H groups in total. The second kappa shape index (κ2) is 6.32. The maximum Gasteiger partial charge on any atom is 0.225 e. The topological polar surface area (TPSA) is 75.9 Å². The van der Waals surface area contributed by atoms with E-state index in [0.717, 1.165) is 30.8 Å². The highest BCUT2D eigenvalue weighted by atomic mass is 16.2. The SMILES string of the molecule is CCn1ncnc1CN[C@@H]1CC(=O)N(C2CC2)[C@H]1c1cccnc1. The van der Waals surface area contributed by atoms with Gasteiger partial charge >= 0.3 is 0 Å². The molecule has 7 heteroatoms. The third-order valence-corrected chi connectivity index (χ3v) is 4.85. The number of amides is 1. The fourth-order valence-electron chi connectivity index (χ4n) is 3.58. The third-order valence-electron chi connectivity index (χ3n) is 4.85. The van der Waals surface area contributed by atoms with E-state index in [0.29, 0.717) is 19.0 Å². The molecule has 0 bridgehead atoms. The summed E-state index contributed by atoms with van der Waals surface area (Å²) in [5.41, 5.74) is 1.10. The zero-order chi connectivity index (χ0) is 16.5. The number of rotatable bonds is 6. The maximum atomic E-state index is 12.6. The summed E-state index contributed by atoms with van der Waals surface area (Å²) in [6.45, 7) is 3.45. The average molecular weight is 326 g/mol. The van der Waals surface area contributed by atoms with E-state index in [1.165, 1.54) is 0 Å². The summed E-state index contributed by atoms with van der Waals surface area (Å²) >= 11 is 0. The van der Waals surface area contributed by atoms with E-state index in [2.05, 4.69) is 31.3 Å². The lowest BCUT2D eigenvalue weighted by Gasteiger charge is -2.29. The van der Waals surface area contributed by atoms with Crippen molar-refractivity contribution in [3.63, 3.8) is 0 Å². The summed E-state index contributed by atoms with van der Waals surface area (Å²) in [5, 5.41) is 7.74. The van der Waals surface area contributed by atoms with Crippen molar-refractivity contribution in [1.29, 1.82) is 0 Å². The smallest absolute Gasteiger partial charge is 0.225 e. The lowest BCUT2D eigenvalue weighted by atomic mass is 10.0. The molecule has 2 aliphatic rings. The number of likely N-dealkylation sites (tertiary alicyclic amines) is 1. The Kier molecular flexibility index (Phi) is 4.02. The van der Waals surface area contributed by atoms with Crippen LogP contribution < -0.4 is 5.32 Å². The van der Waals surface area contributed by atoms with Crippen LogP contribution in [0.3, 0.4) is 0 Å². The number of hydrogen-bond donors (Lipinski definition) is 1. The Balaban J connectivity index is 1.55. The van der Waals surface area contributed by atoms with Crippen molar-refractivity contribution in [2.45, 2.75) is 57.4 Å². The molecule has 0 radical (unpaired) electrons. The minimum absolute atomic E-state index is 0.0525. The van der Waals surface area contributed by atoms with Gasteiger partial charge in [0.1, 0.15) is 12.2 Å². The molecule has 24 heavy (non-hydrogen) atoms. The van der Waals surface area contributed by atoms with Gasteiger partial charge in [-0.1, -0.05) is 6.07 Å². The number of aromatic nitrogens is 4. The molecule has 2 aromatic heterocycles. The first-order chi connectivity index (χ1) is 11.8. The molecule has 2 atom stereocenters. The molecule has 0 unspecified atom stereocenters. The quantitative estimate of drug-likeness (QED) is 0.865. The summed E-state index contributed by atoms with van der Waals surface area (Å²) < 4.78 is 1.88. The summed E-state index contributed by atoms with van der Waals surface area (Å²) in [4.78, 5) is 23.2. The molecule has 1 saturated carbocycles. The van der Waals surface area contributed by atoms with Gasteiger partial charge in [0.2, 0.25) is 5.91 Å². The van der Waals surface area contributed by atoms with Gasteiger partial charge in [-0.05, 0) is 31.4 Å². The standard InChI is InChI=1S/C17H22N6O/c1-2-22-15(20-11-21-22)10-19-14-8-16(24)23(13-5-6-13)17(14)12-4-3-7-18-9-12/h3-4,7,9,11,13-14,17,19H,2,5-6,8,10H2,1H3/t14-,17+/m1/s1. The third kappa shape index (κ3) is 2.80. The zero-order valence-corrected chi connectivity index (χ0v) is 13.8. The van der Waals surface area contributed by atoms with Crippen molar-refractivity contribution in [3.8, 4) is 0 Å². The number of aryl methyl sites for hydroxylation is 1. The van der Waals surface area contributed by atoms with Crippen LogP contribution >= 0.6 is 0 Å². The van der Waals surface area contributed by atoms with E-state index in [1.807, 2.05) is 23.9 Å². The van der Waals surface area contributed by atoms with Crippen molar-refractivity contribution in [2.24, 2.45) is 0 Å². The van der Waals surface area contributed by atoms with E-state index in [9.17, 15) is 4.79 Å². The van der Waals surface area contributed by atoms with E-state index in [4.69, 9.17) is 0 Å². The molecule has 1 amide bonds. The van der Waals surface area contributed by atoms with Gasteiger partial charge in [0.05, 0.1) is 12.6 Å². The average Bonchev–Trinajstić information content (AvgIpc) is 3.24. The van der Waals surface area contributed by atoms with Gasteiger partial charge in [-0.2, -0.15) is 5.10 Å². The molecule has 2 fully saturated rings. The first-order valence-electron chi connectivity index (χ1n) is 8.59. The number of nitrogens with zero attached hydrogens (tertiary/aromatic N) is 5. The molecular weight excluding hydrogens is 304 g/mol. The van der Waals surface area contributed by atoms with Crippen LogP contribution in [0.2, 0.25) is 0 Å². The maximum absolute atomic E-state index is 12.6. The lowest BCUT2D eigenvalue weighted by molar-refractivity contribution is -0.129. The Morgan fingerprint density at radius 2 is 2.25 bits per heavy atom. The van der Waals surface area contributed by atoms with Gasteiger partial charge in [0.15, 0.2) is 0 Å². The van der Waals surface area contributed by atoms with Crippen LogP contribution in [0.5, 0.6) is 0 Å². The highest BCUT2D eigenvalue weighted by Gasteiger charge is 2.47. The number of hydrogen-bond acceptors (Lipinski definition) is 5. The molecule has 1 aliphatic heterocycles. The molecule has 3 heterocycles. The van der Waals surface area contributed by atoms with Gasteiger partial charge in [-0.3, -0.25) is 9.78 Å². The van der Waals surface area contributed by atoms with Crippen LogP contribution in [-0.4, -0.2) is 42.6 Å². The Bertz CT molecular complexity index is 711. The number of carbonyl (C=O) groups is 1. The minimum atomic E-state index is 0.0525. The first-order valence-corrected chi connectivity index (χ1v) is 8.59. The van der Waals surface area contributed by atoms with E-state index >= 15 is 0 Å². The highest BCUT2D eigenvalue weighted by molar-refractivity contribution is 5.81. The molecule has 126 valence electrons. The highest BCUT2D eigenvalue weighted by Crippen LogP contribution is 2.41. The van der Waals surface area contributed by atoms with Crippen molar-refractivity contribution in [1.82, 2.24) is 30.0 Å². The van der Waals surface area contributed by atoms with Gasteiger partial charge in [0.25, 0.3) is 0 Å². The number of carbonyl (C=O) groups excluding carboxylic acids is 1. The van der Waals surface area contributed by atoms with Crippen molar-refractivity contribution < 1.29 is 4.79 Å². The molecule has 0 spiro atoms. The fourth-order valence-corrected chi connectivity index (χ4v) is 3.58. The molecule has 1 aliphatic carbocycles. The minimum Gasteiger partial charge on any atom is -0.331 e. The van der Waals surface area contributed by atoms with Gasteiger partial charge in [-0.25, -0.2) is 9.67 Å². The van der Waals surface area contributed by atoms with E-state index in [-0.39, 0.29) is 18.0 Å². The summed E-state index contributed by atoms with van der Waals surface area (Å²) in [5.74, 6) is 1.14. The summed E-state index contributed by atoms with van der Waals surface area (Å²) in [7, 11) is 0. The largest absolute Gasteiger partial charge is 0.331 e. The Morgan fingerprint density at radius 1 is 1.38 bits per heavy atom. The van der Waals surface area contributed by atoms with Crippen molar-refractivity contribution >= 4 is 5.91 Å². The number of pyridine rings is 1. The normalized spacial score (nSPS) is 23.9. The second-order valence-electron chi connectivity index (χ2n) is 6.45. The van der Waals surface area contributed by atoms with E-state index < -0.39 is 0 Å². The number of nitrogens with one attached hydrogen (secondary N) is 1. The van der Waals surface area contributed by atoms with E-state index in [1.54, 1.807) is 12.5 Å². The lowest BCUT2D eigenvalue weighted by Crippen LogP contribution is -2.37. The van der Waals surface area contributed by atoms with Crippen molar-refractivity contribution in [3.05, 3.63) is 42.2 Å². The van der Waals surface area contributed by atoms with Crippen LogP contribution in [0.15, 0.2) is 30.9 Å². The Labute approximate surface area is 141 Å². The molecule has 4 rings (SSSR count). The van der Waals surface area contributed by atoms with Gasteiger partial charge < -0.3 is 10.2 Å². The van der Waals surface area contributed by atoms with Gasteiger partial charge in [0, 0.05) is 37.4 Å². The van der Waals surface area contributed by atoms with Crippen LogP contribution in [0.1, 0.15) is 43.6 Å². The monoisotopic (exact) mass is 326 g/mol. The van der Waals surface area contributed by atoms with Gasteiger partial charge in [-0.15, -0.1) is 0 Å². The predicted molar refractivity (Wildman–Crippen MR) is 87.8 cm³/mol. The summed E-state index contributed by atoms with van der Waals surface area (Å²) in [6, 6.07) is 4.53. The molecule has 1 saturated heterocycles. The van der Waals surface area contributed by atoms with Crippen LogP contribution in [0, 0.1) is 0 Å². The second-order valence-corrected chi connectivity index (χ2v) is 6.45. The molecule has 0 aromatic carbocycles. The van der Waals surface area contributed by atoms with Crippen molar-refractivity contribution in [2.75, 3.05) is 0 Å². The summed E-state index contributed by atoms with van der Waals surface area (Å²) in [6.07, 6.45) is 7.97. The fraction of sp³-hybridized carbons (Fsp3) is 0.529. The van der Waals surface area contributed by atoms with Crippen LogP contribution in [0.25, 0.3) is 0 Å². The Hall–Kier alpha value is -2.28. The first kappa shape index (κ1) is 15.3. The molecular formula is C17H22N6O. The van der Waals surface area contributed by atoms with Crippen LogP contribution in [0.4, 0.5) is 0 Å². The van der Waals surface area contributed by atoms with Crippen LogP contribution in [-0.2, 0) is 17.9 Å².